The molecule has 6 heteroatoms. The SMILES string of the molecule is N[C@@H]1CCCN(C(=O)CCn2cnc3ccccc3c2=O)C1. The first-order valence-corrected chi connectivity index (χ1v) is 7.62. The minimum atomic E-state index is -0.103. The van der Waals surface area contributed by atoms with E-state index < -0.39 is 0 Å². The first-order chi connectivity index (χ1) is 10.6. The summed E-state index contributed by atoms with van der Waals surface area (Å²) in [7, 11) is 0. The van der Waals surface area contributed by atoms with E-state index in [2.05, 4.69) is 4.98 Å². The van der Waals surface area contributed by atoms with E-state index in [0.717, 1.165) is 19.4 Å². The molecule has 1 amide bonds. The highest BCUT2D eigenvalue weighted by Crippen LogP contribution is 2.10. The molecular weight excluding hydrogens is 280 g/mol. The Bertz CT molecular complexity index is 740. The summed E-state index contributed by atoms with van der Waals surface area (Å²) < 4.78 is 1.50. The van der Waals surface area contributed by atoms with E-state index >= 15 is 0 Å². The maximum absolute atomic E-state index is 12.3. The zero-order valence-corrected chi connectivity index (χ0v) is 12.4. The van der Waals surface area contributed by atoms with Gasteiger partial charge in [-0.2, -0.15) is 0 Å². The molecule has 1 saturated heterocycles. The number of hydrogen-bond donors (Lipinski definition) is 1. The van der Waals surface area contributed by atoms with Gasteiger partial charge in [-0.15, -0.1) is 0 Å². The Morgan fingerprint density at radius 3 is 3.00 bits per heavy atom. The van der Waals surface area contributed by atoms with Crippen LogP contribution >= 0.6 is 0 Å². The second kappa shape index (κ2) is 6.27. The van der Waals surface area contributed by atoms with Gasteiger partial charge in [0.1, 0.15) is 0 Å². The number of para-hydroxylation sites is 1. The third kappa shape index (κ3) is 3.01. The standard InChI is InChI=1S/C16H20N4O2/c17-12-4-3-8-19(10-12)15(21)7-9-20-11-18-14-6-2-1-5-13(14)16(20)22/h1-2,5-6,11-12H,3-4,7-10,17H2/t12-/m1/s1. The van der Waals surface area contributed by atoms with E-state index in [1.165, 1.54) is 10.9 Å². The van der Waals surface area contributed by atoms with Gasteiger partial charge >= 0.3 is 0 Å². The third-order valence-corrected chi connectivity index (χ3v) is 4.11. The molecule has 0 saturated carbocycles. The molecule has 116 valence electrons. The highest BCUT2D eigenvalue weighted by Gasteiger charge is 2.20. The van der Waals surface area contributed by atoms with Crippen molar-refractivity contribution in [2.24, 2.45) is 5.73 Å². The number of rotatable bonds is 3. The van der Waals surface area contributed by atoms with Gasteiger partial charge in [0.15, 0.2) is 0 Å². The predicted octanol–water partition coefficient (Wildman–Crippen LogP) is 0.736. The van der Waals surface area contributed by atoms with Crippen molar-refractivity contribution in [1.82, 2.24) is 14.5 Å². The van der Waals surface area contributed by atoms with E-state index in [9.17, 15) is 9.59 Å². The normalized spacial score (nSPS) is 18.6. The summed E-state index contributed by atoms with van der Waals surface area (Å²) in [5.74, 6) is 0.0511. The van der Waals surface area contributed by atoms with Gasteiger partial charge in [0.2, 0.25) is 5.91 Å². The number of nitrogens with zero attached hydrogens (tertiary/aromatic N) is 3. The average molecular weight is 300 g/mol. The van der Waals surface area contributed by atoms with Crippen LogP contribution in [0.5, 0.6) is 0 Å². The highest BCUT2D eigenvalue weighted by molar-refractivity contribution is 5.77. The third-order valence-electron chi connectivity index (χ3n) is 4.11. The average Bonchev–Trinajstić information content (AvgIpc) is 2.54. The van der Waals surface area contributed by atoms with Crippen LogP contribution in [0.15, 0.2) is 35.4 Å². The number of aryl methyl sites for hydroxylation is 1. The highest BCUT2D eigenvalue weighted by atomic mass is 16.2. The summed E-state index contributed by atoms with van der Waals surface area (Å²) in [4.78, 5) is 30.6. The number of nitrogens with two attached hydrogens (primary N) is 1. The van der Waals surface area contributed by atoms with Crippen LogP contribution in [0.1, 0.15) is 19.3 Å². The van der Waals surface area contributed by atoms with Crippen LogP contribution in [0.4, 0.5) is 0 Å². The molecule has 0 spiro atoms. The lowest BCUT2D eigenvalue weighted by molar-refractivity contribution is -0.132. The summed E-state index contributed by atoms with van der Waals surface area (Å²) in [6, 6.07) is 7.30. The molecule has 6 nitrogen and oxygen atoms in total. The number of amides is 1. The molecule has 1 aliphatic heterocycles. The Labute approximate surface area is 128 Å². The number of carbonyl (C=O) groups excluding carboxylic acids is 1. The number of piperidine rings is 1. The molecule has 1 aromatic heterocycles. The molecule has 1 aromatic carbocycles. The van der Waals surface area contributed by atoms with Gasteiger partial charge in [0.05, 0.1) is 17.2 Å². The molecule has 0 unspecified atom stereocenters. The second-order valence-electron chi connectivity index (χ2n) is 5.75. The van der Waals surface area contributed by atoms with E-state index in [1.807, 2.05) is 12.1 Å². The van der Waals surface area contributed by atoms with Crippen LogP contribution < -0.4 is 11.3 Å². The lowest BCUT2D eigenvalue weighted by Crippen LogP contribution is -2.46. The Hall–Kier alpha value is -2.21. The maximum Gasteiger partial charge on any atom is 0.261 e. The molecule has 1 fully saturated rings. The molecular formula is C16H20N4O2. The van der Waals surface area contributed by atoms with Crippen molar-refractivity contribution in [1.29, 1.82) is 0 Å². The molecule has 2 aromatic rings. The number of likely N-dealkylation sites (tertiary alicyclic amines) is 1. The van der Waals surface area contributed by atoms with E-state index in [-0.39, 0.29) is 17.5 Å². The topological polar surface area (TPSA) is 81.2 Å². The molecule has 0 radical (unpaired) electrons. The summed E-state index contributed by atoms with van der Waals surface area (Å²) >= 11 is 0. The molecule has 0 bridgehead atoms. The second-order valence-corrected chi connectivity index (χ2v) is 5.75. The molecule has 0 aliphatic carbocycles. The first kappa shape index (κ1) is 14.7. The van der Waals surface area contributed by atoms with Crippen LogP contribution in [-0.2, 0) is 11.3 Å². The van der Waals surface area contributed by atoms with Crippen molar-refractivity contribution in [2.45, 2.75) is 31.8 Å². The van der Waals surface area contributed by atoms with E-state index in [0.29, 0.717) is 30.4 Å². The fraction of sp³-hybridized carbons (Fsp3) is 0.438. The number of hydrogen-bond acceptors (Lipinski definition) is 4. The van der Waals surface area contributed by atoms with Crippen LogP contribution in [0.2, 0.25) is 0 Å². The van der Waals surface area contributed by atoms with Crippen molar-refractivity contribution in [3.8, 4) is 0 Å². The summed E-state index contributed by atoms with van der Waals surface area (Å²) in [5, 5.41) is 0.581. The lowest BCUT2D eigenvalue weighted by atomic mass is 10.1. The van der Waals surface area contributed by atoms with Crippen molar-refractivity contribution in [2.75, 3.05) is 13.1 Å². The van der Waals surface area contributed by atoms with Gasteiger partial charge in [0, 0.05) is 32.1 Å². The molecule has 22 heavy (non-hydrogen) atoms. The smallest absolute Gasteiger partial charge is 0.261 e. The molecule has 2 heterocycles. The number of carbonyl (C=O) groups is 1. The minimum Gasteiger partial charge on any atom is -0.341 e. The van der Waals surface area contributed by atoms with Gasteiger partial charge in [0.25, 0.3) is 5.56 Å². The zero-order chi connectivity index (χ0) is 15.5. The predicted molar refractivity (Wildman–Crippen MR) is 84.4 cm³/mol. The number of fused-ring (bicyclic) bond motifs is 1. The van der Waals surface area contributed by atoms with Crippen LogP contribution in [-0.4, -0.2) is 39.5 Å². The van der Waals surface area contributed by atoms with Crippen LogP contribution in [0.25, 0.3) is 10.9 Å². The summed E-state index contributed by atoms with van der Waals surface area (Å²) in [6.45, 7) is 1.72. The van der Waals surface area contributed by atoms with Crippen molar-refractivity contribution >= 4 is 16.8 Å². The maximum atomic E-state index is 12.3. The van der Waals surface area contributed by atoms with E-state index in [1.54, 1.807) is 17.0 Å². The van der Waals surface area contributed by atoms with E-state index in [4.69, 9.17) is 5.73 Å². The first-order valence-electron chi connectivity index (χ1n) is 7.62. The number of benzene rings is 1. The fourth-order valence-corrected chi connectivity index (χ4v) is 2.88. The molecule has 1 atom stereocenters. The van der Waals surface area contributed by atoms with Crippen LogP contribution in [0, 0.1) is 0 Å². The van der Waals surface area contributed by atoms with Gasteiger partial charge in [-0.05, 0) is 25.0 Å². The van der Waals surface area contributed by atoms with Crippen LogP contribution in [0.3, 0.4) is 0 Å². The Morgan fingerprint density at radius 1 is 1.36 bits per heavy atom. The zero-order valence-electron chi connectivity index (χ0n) is 12.4. The van der Waals surface area contributed by atoms with Crippen molar-refractivity contribution < 1.29 is 4.79 Å². The molecule has 1 aliphatic rings. The summed E-state index contributed by atoms with van der Waals surface area (Å²) in [6.07, 6.45) is 3.73. The Morgan fingerprint density at radius 2 is 2.18 bits per heavy atom. The monoisotopic (exact) mass is 300 g/mol. The quantitative estimate of drug-likeness (QED) is 0.906. The van der Waals surface area contributed by atoms with Gasteiger partial charge in [-0.3, -0.25) is 14.2 Å². The largest absolute Gasteiger partial charge is 0.341 e. The Kier molecular flexibility index (Phi) is 4.20. The lowest BCUT2D eigenvalue weighted by Gasteiger charge is -2.30. The van der Waals surface area contributed by atoms with Crippen molar-refractivity contribution in [3.05, 3.63) is 40.9 Å². The summed E-state index contributed by atoms with van der Waals surface area (Å²) in [5.41, 5.74) is 6.47. The molecule has 2 N–H and O–H groups in total. The number of aromatic nitrogens is 2. The van der Waals surface area contributed by atoms with Gasteiger partial charge in [-0.1, -0.05) is 12.1 Å². The minimum absolute atomic E-state index is 0.0511. The van der Waals surface area contributed by atoms with Gasteiger partial charge < -0.3 is 10.6 Å². The molecule has 3 rings (SSSR count). The fourth-order valence-electron chi connectivity index (χ4n) is 2.88. The van der Waals surface area contributed by atoms with Gasteiger partial charge in [-0.25, -0.2) is 4.98 Å². The van der Waals surface area contributed by atoms with Crippen molar-refractivity contribution in [3.63, 3.8) is 0 Å². The Balaban J connectivity index is 1.70.